The van der Waals surface area contributed by atoms with Crippen LogP contribution in [0.3, 0.4) is 0 Å². The van der Waals surface area contributed by atoms with Gasteiger partial charge >= 0.3 is 5.97 Å². The number of anilines is 1. The zero-order chi connectivity index (χ0) is 19.2. The summed E-state index contributed by atoms with van der Waals surface area (Å²) in [7, 11) is 1.26. The molecule has 0 aromatic heterocycles. The van der Waals surface area contributed by atoms with Crippen molar-refractivity contribution in [1.82, 2.24) is 0 Å². The Balaban J connectivity index is 1.99. The van der Waals surface area contributed by atoms with E-state index in [9.17, 15) is 9.59 Å². The van der Waals surface area contributed by atoms with Crippen molar-refractivity contribution in [3.63, 3.8) is 0 Å². The van der Waals surface area contributed by atoms with Crippen molar-refractivity contribution in [2.75, 3.05) is 12.0 Å². The lowest BCUT2D eigenvalue weighted by Crippen LogP contribution is -2.28. The van der Waals surface area contributed by atoms with E-state index in [-0.39, 0.29) is 10.8 Å². The highest BCUT2D eigenvalue weighted by Gasteiger charge is 2.35. The van der Waals surface area contributed by atoms with Gasteiger partial charge in [-0.15, -0.1) is 5.10 Å². The number of benzene rings is 2. The summed E-state index contributed by atoms with van der Waals surface area (Å²) in [5.41, 5.74) is 2.30. The third-order valence-electron chi connectivity index (χ3n) is 3.75. The standard InChI is InChI=1S/C20H17N3O3S/c1-14(15-9-5-3-6-10-15)21-22-20-23(16-11-7-4-8-12-16)19(25)17(27-20)13-18(24)26-2/h3-13H,1-2H3/b17-13-,21-14-,22-20-. The molecule has 7 heteroatoms. The molecule has 0 atom stereocenters. The average Bonchev–Trinajstić information content (AvgIpc) is 3.02. The number of amidine groups is 1. The van der Waals surface area contributed by atoms with Gasteiger partial charge in [0.2, 0.25) is 5.17 Å². The van der Waals surface area contributed by atoms with Gasteiger partial charge in [0.15, 0.2) is 0 Å². The van der Waals surface area contributed by atoms with Gasteiger partial charge < -0.3 is 4.74 Å². The Morgan fingerprint density at radius 3 is 2.33 bits per heavy atom. The molecule has 0 spiro atoms. The molecule has 27 heavy (non-hydrogen) atoms. The normalized spacial score (nSPS) is 17.6. The number of nitrogens with zero attached hydrogens (tertiary/aromatic N) is 3. The number of rotatable bonds is 4. The molecule has 0 radical (unpaired) electrons. The Morgan fingerprint density at radius 1 is 1.07 bits per heavy atom. The summed E-state index contributed by atoms with van der Waals surface area (Å²) in [6.45, 7) is 1.85. The van der Waals surface area contributed by atoms with Crippen LogP contribution in [-0.2, 0) is 14.3 Å². The number of carbonyl (C=O) groups is 2. The molecule has 0 saturated carbocycles. The number of para-hydroxylation sites is 1. The largest absolute Gasteiger partial charge is 0.466 e. The molecule has 1 heterocycles. The smallest absolute Gasteiger partial charge is 0.331 e. The fraction of sp³-hybridized carbons (Fsp3) is 0.100. The molecule has 0 unspecified atom stereocenters. The molecular formula is C20H17N3O3S. The Morgan fingerprint density at radius 2 is 1.70 bits per heavy atom. The molecule has 6 nitrogen and oxygen atoms in total. The lowest BCUT2D eigenvalue weighted by molar-refractivity contribution is -0.135. The maximum absolute atomic E-state index is 12.8. The highest BCUT2D eigenvalue weighted by atomic mass is 32.2. The van der Waals surface area contributed by atoms with Crippen molar-refractivity contribution in [3.05, 3.63) is 77.2 Å². The molecule has 1 aliphatic heterocycles. The second-order valence-electron chi connectivity index (χ2n) is 5.54. The number of methoxy groups -OCH3 is 1. The number of hydrogen-bond donors (Lipinski definition) is 0. The van der Waals surface area contributed by atoms with Crippen LogP contribution in [0.4, 0.5) is 5.69 Å². The first-order valence-electron chi connectivity index (χ1n) is 8.15. The molecule has 0 aliphatic carbocycles. The Hall–Kier alpha value is -3.19. The van der Waals surface area contributed by atoms with Gasteiger partial charge in [0, 0.05) is 6.08 Å². The Bertz CT molecular complexity index is 937. The molecule has 1 aliphatic rings. The van der Waals surface area contributed by atoms with Crippen molar-refractivity contribution in [2.24, 2.45) is 10.2 Å². The fourth-order valence-electron chi connectivity index (χ4n) is 2.37. The summed E-state index contributed by atoms with van der Waals surface area (Å²) in [6.07, 6.45) is 1.17. The minimum atomic E-state index is -0.593. The molecule has 1 fully saturated rings. The molecule has 1 amide bonds. The van der Waals surface area contributed by atoms with Crippen LogP contribution in [0.1, 0.15) is 12.5 Å². The molecule has 2 aromatic carbocycles. The lowest BCUT2D eigenvalue weighted by Gasteiger charge is -2.14. The molecule has 1 saturated heterocycles. The van der Waals surface area contributed by atoms with Crippen LogP contribution in [0.15, 0.2) is 81.8 Å². The van der Waals surface area contributed by atoms with Gasteiger partial charge in [-0.25, -0.2) is 4.79 Å². The SMILES string of the molecule is COC(=O)/C=C1\S/C(=N\N=C(\C)c2ccccc2)N(c2ccccc2)C1=O. The van der Waals surface area contributed by atoms with Gasteiger partial charge in [-0.1, -0.05) is 48.5 Å². The van der Waals surface area contributed by atoms with E-state index in [1.54, 1.807) is 12.1 Å². The minimum Gasteiger partial charge on any atom is -0.466 e. The third-order valence-corrected chi connectivity index (χ3v) is 4.71. The highest BCUT2D eigenvalue weighted by molar-refractivity contribution is 8.19. The first kappa shape index (κ1) is 18.6. The predicted molar refractivity (Wildman–Crippen MR) is 108 cm³/mol. The van der Waals surface area contributed by atoms with Crippen LogP contribution in [0, 0.1) is 0 Å². The van der Waals surface area contributed by atoms with E-state index in [1.807, 2.05) is 55.5 Å². The van der Waals surface area contributed by atoms with Crippen LogP contribution < -0.4 is 4.90 Å². The maximum Gasteiger partial charge on any atom is 0.331 e. The van der Waals surface area contributed by atoms with Crippen LogP contribution >= 0.6 is 11.8 Å². The van der Waals surface area contributed by atoms with Crippen molar-refractivity contribution in [1.29, 1.82) is 0 Å². The third kappa shape index (κ3) is 4.32. The summed E-state index contributed by atoms with van der Waals surface area (Å²) in [4.78, 5) is 26.0. The lowest BCUT2D eigenvalue weighted by atomic mass is 10.1. The summed E-state index contributed by atoms with van der Waals surface area (Å²) >= 11 is 1.08. The Labute approximate surface area is 161 Å². The predicted octanol–water partition coefficient (Wildman–Crippen LogP) is 3.60. The monoisotopic (exact) mass is 379 g/mol. The second kappa shape index (κ2) is 8.46. The van der Waals surface area contributed by atoms with E-state index in [4.69, 9.17) is 0 Å². The fourth-order valence-corrected chi connectivity index (χ4v) is 3.26. The summed E-state index contributed by atoms with van der Waals surface area (Å²) in [5, 5.41) is 8.91. The number of esters is 1. The van der Waals surface area contributed by atoms with Crippen molar-refractivity contribution in [2.45, 2.75) is 6.92 Å². The summed E-state index contributed by atoms with van der Waals surface area (Å²) in [6, 6.07) is 18.7. The second-order valence-corrected chi connectivity index (χ2v) is 6.55. The van der Waals surface area contributed by atoms with Gasteiger partial charge in [-0.3, -0.25) is 9.69 Å². The number of amides is 1. The summed E-state index contributed by atoms with van der Waals surface area (Å²) in [5.74, 6) is -0.938. The zero-order valence-electron chi connectivity index (χ0n) is 14.8. The van der Waals surface area contributed by atoms with E-state index in [0.717, 1.165) is 23.0 Å². The van der Waals surface area contributed by atoms with Crippen molar-refractivity contribution >= 4 is 40.2 Å². The van der Waals surface area contributed by atoms with Gasteiger partial charge in [-0.2, -0.15) is 5.10 Å². The van der Waals surface area contributed by atoms with Crippen LogP contribution in [0.2, 0.25) is 0 Å². The molecule has 3 rings (SSSR count). The van der Waals surface area contributed by atoms with E-state index >= 15 is 0 Å². The van der Waals surface area contributed by atoms with E-state index in [0.29, 0.717) is 10.9 Å². The number of thioether (sulfide) groups is 1. The minimum absolute atomic E-state index is 0.233. The molecular weight excluding hydrogens is 362 g/mol. The molecule has 0 N–H and O–H groups in total. The number of ether oxygens (including phenoxy) is 1. The van der Waals surface area contributed by atoms with Crippen molar-refractivity contribution in [3.8, 4) is 0 Å². The highest BCUT2D eigenvalue weighted by Crippen LogP contribution is 2.34. The quantitative estimate of drug-likeness (QED) is 0.352. The zero-order valence-corrected chi connectivity index (χ0v) is 15.6. The number of carbonyl (C=O) groups excluding carboxylic acids is 2. The molecule has 0 bridgehead atoms. The first-order chi connectivity index (χ1) is 13.1. The molecule has 136 valence electrons. The topological polar surface area (TPSA) is 71.3 Å². The van der Waals surface area contributed by atoms with Gasteiger partial charge in [-0.05, 0) is 36.4 Å². The van der Waals surface area contributed by atoms with Gasteiger partial charge in [0.25, 0.3) is 5.91 Å². The van der Waals surface area contributed by atoms with Crippen LogP contribution in [0.25, 0.3) is 0 Å². The first-order valence-corrected chi connectivity index (χ1v) is 8.96. The van der Waals surface area contributed by atoms with Gasteiger partial charge in [0.1, 0.15) is 0 Å². The van der Waals surface area contributed by atoms with Gasteiger partial charge in [0.05, 0.1) is 23.4 Å². The number of hydrogen-bond acceptors (Lipinski definition) is 6. The van der Waals surface area contributed by atoms with E-state index < -0.39 is 5.97 Å². The van der Waals surface area contributed by atoms with Crippen molar-refractivity contribution < 1.29 is 14.3 Å². The molecule has 2 aromatic rings. The van der Waals surface area contributed by atoms with E-state index in [1.165, 1.54) is 18.1 Å². The van der Waals surface area contributed by atoms with Crippen LogP contribution in [-0.4, -0.2) is 29.9 Å². The van der Waals surface area contributed by atoms with E-state index in [2.05, 4.69) is 14.9 Å². The van der Waals surface area contributed by atoms with Crippen LogP contribution in [0.5, 0.6) is 0 Å². The Kier molecular flexibility index (Phi) is 5.83. The maximum atomic E-state index is 12.8. The summed E-state index contributed by atoms with van der Waals surface area (Å²) < 4.78 is 4.63. The average molecular weight is 379 g/mol.